The van der Waals surface area contributed by atoms with E-state index in [4.69, 9.17) is 0 Å². The number of halogens is 2. The number of hydrogen-bond donors (Lipinski definition) is 1. The third kappa shape index (κ3) is 5.17. The molecule has 1 atom stereocenters. The fraction of sp³-hybridized carbons (Fsp3) is 0.500. The highest BCUT2D eigenvalue weighted by atomic mass is 79.9. The van der Waals surface area contributed by atoms with Gasteiger partial charge in [-0.15, -0.1) is 0 Å². The number of nitrogens with one attached hydrogen (secondary N) is 1. The summed E-state index contributed by atoms with van der Waals surface area (Å²) in [5.74, 6) is 0.0409. The summed E-state index contributed by atoms with van der Waals surface area (Å²) in [6.45, 7) is 2.82. The van der Waals surface area contributed by atoms with Crippen molar-refractivity contribution in [1.82, 2.24) is 5.32 Å². The van der Waals surface area contributed by atoms with Crippen molar-refractivity contribution in [2.24, 2.45) is 5.92 Å². The highest BCUT2D eigenvalue weighted by Gasteiger charge is 2.10. The molecule has 0 spiro atoms. The van der Waals surface area contributed by atoms with E-state index in [1.54, 1.807) is 0 Å². The van der Waals surface area contributed by atoms with Gasteiger partial charge in [-0.3, -0.25) is 4.79 Å². The lowest BCUT2D eigenvalue weighted by Gasteiger charge is -2.15. The second-order valence-electron chi connectivity index (χ2n) is 4.35. The molecule has 0 radical (unpaired) electrons. The number of benzene rings is 1. The molecule has 0 aromatic heterocycles. The van der Waals surface area contributed by atoms with Crippen molar-refractivity contribution in [3.8, 4) is 0 Å². The maximum Gasteiger partial charge on any atom is 0.251 e. The summed E-state index contributed by atoms with van der Waals surface area (Å²) in [6.07, 6.45) is 3.27. The van der Waals surface area contributed by atoms with Gasteiger partial charge in [-0.2, -0.15) is 0 Å². The summed E-state index contributed by atoms with van der Waals surface area (Å²) in [6, 6.07) is 5.61. The first-order valence-electron chi connectivity index (χ1n) is 6.27. The Morgan fingerprint density at radius 3 is 2.56 bits per heavy atom. The van der Waals surface area contributed by atoms with Crippen LogP contribution in [0.4, 0.5) is 4.39 Å². The standard InChI is InChI=1S/C14H19BrFNO/c1-2-3-11(8-9-15)10-17-14(18)12-4-6-13(16)7-5-12/h4-7,11H,2-3,8-10H2,1H3,(H,17,18). The quantitative estimate of drug-likeness (QED) is 0.763. The van der Waals surface area contributed by atoms with Crippen LogP contribution < -0.4 is 5.32 Å². The highest BCUT2D eigenvalue weighted by Crippen LogP contribution is 2.12. The molecule has 1 rings (SSSR count). The Balaban J connectivity index is 2.46. The van der Waals surface area contributed by atoms with Crippen molar-refractivity contribution in [3.63, 3.8) is 0 Å². The first-order valence-corrected chi connectivity index (χ1v) is 7.39. The second kappa shape index (κ2) is 8.25. The van der Waals surface area contributed by atoms with Crippen molar-refractivity contribution in [3.05, 3.63) is 35.6 Å². The third-order valence-corrected chi connectivity index (χ3v) is 3.33. The largest absolute Gasteiger partial charge is 0.352 e. The van der Waals surface area contributed by atoms with E-state index in [0.29, 0.717) is 18.0 Å². The minimum Gasteiger partial charge on any atom is -0.352 e. The fourth-order valence-corrected chi connectivity index (χ4v) is 2.50. The third-order valence-electron chi connectivity index (χ3n) is 2.87. The minimum absolute atomic E-state index is 0.134. The molecule has 1 aromatic rings. The second-order valence-corrected chi connectivity index (χ2v) is 5.14. The summed E-state index contributed by atoms with van der Waals surface area (Å²) in [5, 5.41) is 3.85. The molecule has 1 N–H and O–H groups in total. The van der Waals surface area contributed by atoms with Crippen molar-refractivity contribution in [2.75, 3.05) is 11.9 Å². The van der Waals surface area contributed by atoms with Gasteiger partial charge in [-0.1, -0.05) is 29.3 Å². The fourth-order valence-electron chi connectivity index (χ4n) is 1.85. The summed E-state index contributed by atoms with van der Waals surface area (Å²) >= 11 is 3.43. The average Bonchev–Trinajstić information content (AvgIpc) is 2.37. The first kappa shape index (κ1) is 15.2. The Kier molecular flexibility index (Phi) is 6.94. The molecule has 0 heterocycles. The molecule has 0 aliphatic heterocycles. The molecule has 0 fully saturated rings. The molecule has 100 valence electrons. The Hall–Kier alpha value is -0.900. The van der Waals surface area contributed by atoms with Crippen LogP contribution in [-0.4, -0.2) is 17.8 Å². The number of hydrogen-bond acceptors (Lipinski definition) is 1. The van der Waals surface area contributed by atoms with Crippen molar-refractivity contribution in [1.29, 1.82) is 0 Å². The molecule has 0 aliphatic rings. The summed E-state index contributed by atoms with van der Waals surface area (Å²) < 4.78 is 12.7. The van der Waals surface area contributed by atoms with Crippen LogP contribution in [-0.2, 0) is 0 Å². The van der Waals surface area contributed by atoms with Crippen LogP contribution in [0.5, 0.6) is 0 Å². The topological polar surface area (TPSA) is 29.1 Å². The summed E-state index contributed by atoms with van der Waals surface area (Å²) in [5.41, 5.74) is 0.505. The molecule has 4 heteroatoms. The molecule has 1 amide bonds. The van der Waals surface area contributed by atoms with Gasteiger partial charge < -0.3 is 5.32 Å². The van der Waals surface area contributed by atoms with Crippen LogP contribution in [0, 0.1) is 11.7 Å². The van der Waals surface area contributed by atoms with E-state index >= 15 is 0 Å². The van der Waals surface area contributed by atoms with Gasteiger partial charge in [0.1, 0.15) is 5.82 Å². The minimum atomic E-state index is -0.324. The number of alkyl halides is 1. The van der Waals surface area contributed by atoms with Crippen LogP contribution in [0.25, 0.3) is 0 Å². The predicted octanol–water partition coefficient (Wildman–Crippen LogP) is 3.76. The zero-order chi connectivity index (χ0) is 13.4. The maximum atomic E-state index is 12.7. The SMILES string of the molecule is CCCC(CCBr)CNC(=O)c1ccc(F)cc1. The number of carbonyl (C=O) groups excluding carboxylic acids is 1. The van der Waals surface area contributed by atoms with Crippen LogP contribution in [0.2, 0.25) is 0 Å². The highest BCUT2D eigenvalue weighted by molar-refractivity contribution is 9.09. The van der Waals surface area contributed by atoms with Crippen molar-refractivity contribution in [2.45, 2.75) is 26.2 Å². The molecule has 1 aromatic carbocycles. The van der Waals surface area contributed by atoms with E-state index in [2.05, 4.69) is 28.2 Å². The Morgan fingerprint density at radius 1 is 1.33 bits per heavy atom. The van der Waals surface area contributed by atoms with Gasteiger partial charge in [0.05, 0.1) is 0 Å². The van der Waals surface area contributed by atoms with E-state index in [0.717, 1.165) is 24.6 Å². The molecule has 2 nitrogen and oxygen atoms in total. The van der Waals surface area contributed by atoms with E-state index in [1.807, 2.05) is 0 Å². The van der Waals surface area contributed by atoms with Crippen molar-refractivity contribution < 1.29 is 9.18 Å². The van der Waals surface area contributed by atoms with Gasteiger partial charge in [0.2, 0.25) is 0 Å². The van der Waals surface area contributed by atoms with Crippen molar-refractivity contribution >= 4 is 21.8 Å². The molecule has 0 saturated heterocycles. The monoisotopic (exact) mass is 315 g/mol. The Bertz CT molecular complexity index is 361. The summed E-state index contributed by atoms with van der Waals surface area (Å²) in [7, 11) is 0. The molecule has 0 bridgehead atoms. The van der Waals surface area contributed by atoms with Crippen LogP contribution in [0.3, 0.4) is 0 Å². The lowest BCUT2D eigenvalue weighted by Crippen LogP contribution is -2.29. The Morgan fingerprint density at radius 2 is 2.00 bits per heavy atom. The van der Waals surface area contributed by atoms with Crippen LogP contribution in [0.1, 0.15) is 36.5 Å². The molecule has 0 saturated carbocycles. The number of amides is 1. The average molecular weight is 316 g/mol. The zero-order valence-corrected chi connectivity index (χ0v) is 12.2. The van der Waals surface area contributed by atoms with E-state index in [1.165, 1.54) is 24.3 Å². The molecular weight excluding hydrogens is 297 g/mol. The smallest absolute Gasteiger partial charge is 0.251 e. The van der Waals surface area contributed by atoms with E-state index < -0.39 is 0 Å². The summed E-state index contributed by atoms with van der Waals surface area (Å²) in [4.78, 5) is 11.8. The van der Waals surface area contributed by atoms with E-state index in [9.17, 15) is 9.18 Å². The zero-order valence-electron chi connectivity index (χ0n) is 10.6. The predicted molar refractivity (Wildman–Crippen MR) is 75.5 cm³/mol. The molecule has 18 heavy (non-hydrogen) atoms. The first-order chi connectivity index (χ1) is 8.67. The Labute approximate surface area is 116 Å². The van der Waals surface area contributed by atoms with Gasteiger partial charge in [-0.25, -0.2) is 4.39 Å². The van der Waals surface area contributed by atoms with Crippen LogP contribution >= 0.6 is 15.9 Å². The molecule has 0 aliphatic carbocycles. The lowest BCUT2D eigenvalue weighted by molar-refractivity contribution is 0.0946. The number of carbonyl (C=O) groups is 1. The van der Waals surface area contributed by atoms with Gasteiger partial charge in [0.15, 0.2) is 0 Å². The van der Waals surface area contributed by atoms with E-state index in [-0.39, 0.29) is 11.7 Å². The van der Waals surface area contributed by atoms with Gasteiger partial charge in [0.25, 0.3) is 5.91 Å². The number of rotatable bonds is 7. The maximum absolute atomic E-state index is 12.7. The van der Waals surface area contributed by atoms with Crippen LogP contribution in [0.15, 0.2) is 24.3 Å². The molecular formula is C14H19BrFNO. The van der Waals surface area contributed by atoms with Gasteiger partial charge in [-0.05, 0) is 43.0 Å². The normalized spacial score (nSPS) is 12.2. The van der Waals surface area contributed by atoms with Gasteiger partial charge in [0, 0.05) is 17.4 Å². The lowest BCUT2D eigenvalue weighted by atomic mass is 10.0. The van der Waals surface area contributed by atoms with Gasteiger partial charge >= 0.3 is 0 Å². The molecule has 1 unspecified atom stereocenters.